The minimum absolute atomic E-state index is 0.00383. The number of aromatic nitrogens is 3. The Kier molecular flexibility index (Phi) is 7.77. The van der Waals surface area contributed by atoms with Crippen LogP contribution in [0.1, 0.15) is 57.7 Å². The van der Waals surface area contributed by atoms with Crippen molar-refractivity contribution in [2.75, 3.05) is 18.1 Å². The molecule has 3 rings (SSSR count). The van der Waals surface area contributed by atoms with Crippen LogP contribution in [0.15, 0.2) is 34.3 Å². The molecule has 31 heavy (non-hydrogen) atoms. The van der Waals surface area contributed by atoms with Crippen molar-refractivity contribution in [2.24, 2.45) is 7.05 Å². The van der Waals surface area contributed by atoms with Crippen molar-refractivity contribution in [3.8, 4) is 0 Å². The summed E-state index contributed by atoms with van der Waals surface area (Å²) in [5, 5.41) is 11.7. The molecule has 1 aliphatic carbocycles. The SMILES string of the molecule is CC(C)c1nnc(SCC(=O)Nc2ccccc2S(=O)(=O)N(C)C2CCCCC2)n1C. The Balaban J connectivity index is 1.70. The van der Waals surface area contributed by atoms with Crippen molar-refractivity contribution < 1.29 is 13.2 Å². The van der Waals surface area contributed by atoms with Crippen LogP contribution in [0.3, 0.4) is 0 Å². The standard InChI is InChI=1S/C21H31N5O3S2/c1-15(2)20-23-24-21(25(20)3)30-14-19(27)22-17-12-8-9-13-18(17)31(28,29)26(4)16-10-6-5-7-11-16/h8-9,12-13,15-16H,5-7,10-11,14H2,1-4H3,(H,22,27). The van der Waals surface area contributed by atoms with Crippen molar-refractivity contribution in [2.45, 2.75) is 68.0 Å². The highest BCUT2D eigenvalue weighted by Crippen LogP contribution is 2.30. The number of anilines is 1. The van der Waals surface area contributed by atoms with Gasteiger partial charge in [-0.2, -0.15) is 4.31 Å². The number of carbonyl (C=O) groups is 1. The lowest BCUT2D eigenvalue weighted by molar-refractivity contribution is -0.113. The second-order valence-corrected chi connectivity index (χ2v) is 11.1. The van der Waals surface area contributed by atoms with Crippen molar-refractivity contribution in [1.82, 2.24) is 19.1 Å². The number of benzene rings is 1. The predicted molar refractivity (Wildman–Crippen MR) is 123 cm³/mol. The second kappa shape index (κ2) is 10.1. The summed E-state index contributed by atoms with van der Waals surface area (Å²) in [7, 11) is -0.197. The number of nitrogens with one attached hydrogen (secondary N) is 1. The Labute approximate surface area is 188 Å². The Hall–Kier alpha value is -1.91. The zero-order valence-corrected chi connectivity index (χ0v) is 20.2. The molecular formula is C21H31N5O3S2. The molecule has 170 valence electrons. The maximum atomic E-state index is 13.3. The van der Waals surface area contributed by atoms with Gasteiger partial charge in [-0.15, -0.1) is 10.2 Å². The van der Waals surface area contributed by atoms with E-state index in [-0.39, 0.29) is 28.5 Å². The number of amides is 1. The lowest BCUT2D eigenvalue weighted by Crippen LogP contribution is -2.38. The van der Waals surface area contributed by atoms with Gasteiger partial charge in [-0.1, -0.05) is 57.0 Å². The third-order valence-electron chi connectivity index (χ3n) is 5.62. The summed E-state index contributed by atoms with van der Waals surface area (Å²) in [5.41, 5.74) is 0.302. The van der Waals surface area contributed by atoms with Crippen molar-refractivity contribution in [3.05, 3.63) is 30.1 Å². The van der Waals surface area contributed by atoms with E-state index in [1.807, 2.05) is 25.5 Å². The number of nitrogens with zero attached hydrogens (tertiary/aromatic N) is 4. The van der Waals surface area contributed by atoms with Crippen LogP contribution in [0.5, 0.6) is 0 Å². The first-order valence-electron chi connectivity index (χ1n) is 10.6. The zero-order valence-electron chi connectivity index (χ0n) is 18.5. The third-order valence-corrected chi connectivity index (χ3v) is 8.61. The van der Waals surface area contributed by atoms with Crippen LogP contribution in [0.2, 0.25) is 0 Å². The number of thioether (sulfide) groups is 1. The molecule has 0 spiro atoms. The molecule has 2 aromatic rings. The molecule has 8 nitrogen and oxygen atoms in total. The Bertz CT molecular complexity index is 1010. The third kappa shape index (κ3) is 5.48. The van der Waals surface area contributed by atoms with Crippen molar-refractivity contribution >= 4 is 33.4 Å². The minimum atomic E-state index is -3.71. The van der Waals surface area contributed by atoms with Crippen LogP contribution in [0.4, 0.5) is 5.69 Å². The van der Waals surface area contributed by atoms with Crippen LogP contribution in [0, 0.1) is 0 Å². The Morgan fingerprint density at radius 3 is 2.55 bits per heavy atom. The van der Waals surface area contributed by atoms with Gasteiger partial charge in [0.15, 0.2) is 5.16 Å². The highest BCUT2D eigenvalue weighted by molar-refractivity contribution is 7.99. The summed E-state index contributed by atoms with van der Waals surface area (Å²) in [4.78, 5) is 12.7. The second-order valence-electron chi connectivity index (χ2n) is 8.20. The molecule has 1 aromatic carbocycles. The zero-order chi connectivity index (χ0) is 22.6. The summed E-state index contributed by atoms with van der Waals surface area (Å²) in [6.07, 6.45) is 4.98. The molecule has 1 amide bonds. The largest absolute Gasteiger partial charge is 0.324 e. The number of hydrogen-bond acceptors (Lipinski definition) is 6. The number of sulfonamides is 1. The number of rotatable bonds is 8. The molecule has 0 radical (unpaired) electrons. The molecular weight excluding hydrogens is 434 g/mol. The smallest absolute Gasteiger partial charge is 0.245 e. The molecule has 1 N–H and O–H groups in total. The van der Waals surface area contributed by atoms with Gasteiger partial charge in [0.05, 0.1) is 11.4 Å². The molecule has 0 atom stereocenters. The molecule has 10 heteroatoms. The predicted octanol–water partition coefficient (Wildman–Crippen LogP) is 3.62. The summed E-state index contributed by atoms with van der Waals surface area (Å²) in [6, 6.07) is 6.58. The fourth-order valence-electron chi connectivity index (χ4n) is 3.86. The molecule has 1 aliphatic rings. The lowest BCUT2D eigenvalue weighted by atomic mass is 9.96. The summed E-state index contributed by atoms with van der Waals surface area (Å²) >= 11 is 1.27. The van der Waals surface area contributed by atoms with E-state index in [2.05, 4.69) is 15.5 Å². The molecule has 1 saturated carbocycles. The molecule has 1 heterocycles. The first-order chi connectivity index (χ1) is 14.7. The first kappa shape index (κ1) is 23.7. The van der Waals surface area contributed by atoms with Gasteiger partial charge >= 0.3 is 0 Å². The van der Waals surface area contributed by atoms with Crippen LogP contribution < -0.4 is 5.32 Å². The summed E-state index contributed by atoms with van der Waals surface area (Å²) in [5.74, 6) is 0.905. The van der Waals surface area contributed by atoms with Gasteiger partial charge in [0.25, 0.3) is 0 Å². The van der Waals surface area contributed by atoms with Crippen LogP contribution >= 0.6 is 11.8 Å². The highest BCUT2D eigenvalue weighted by atomic mass is 32.2. The van der Waals surface area contributed by atoms with Gasteiger partial charge in [-0.05, 0) is 25.0 Å². The summed E-state index contributed by atoms with van der Waals surface area (Å²) < 4.78 is 29.9. The van der Waals surface area contributed by atoms with E-state index in [4.69, 9.17) is 0 Å². The van der Waals surface area contributed by atoms with Gasteiger partial charge in [-0.3, -0.25) is 4.79 Å². The van der Waals surface area contributed by atoms with Crippen LogP contribution in [-0.4, -0.2) is 52.2 Å². The van der Waals surface area contributed by atoms with E-state index in [0.717, 1.165) is 37.9 Å². The normalized spacial score (nSPS) is 15.5. The Morgan fingerprint density at radius 2 is 1.90 bits per heavy atom. The monoisotopic (exact) mass is 465 g/mol. The van der Waals surface area contributed by atoms with Gasteiger partial charge in [-0.25, -0.2) is 8.42 Å². The van der Waals surface area contributed by atoms with E-state index in [1.54, 1.807) is 31.3 Å². The molecule has 0 bridgehead atoms. The number of hydrogen-bond donors (Lipinski definition) is 1. The topological polar surface area (TPSA) is 97.2 Å². The maximum Gasteiger partial charge on any atom is 0.245 e. The average molecular weight is 466 g/mol. The lowest BCUT2D eigenvalue weighted by Gasteiger charge is -2.30. The van der Waals surface area contributed by atoms with Gasteiger partial charge in [0.1, 0.15) is 10.7 Å². The van der Waals surface area contributed by atoms with E-state index in [9.17, 15) is 13.2 Å². The highest BCUT2D eigenvalue weighted by Gasteiger charge is 2.31. The number of carbonyl (C=O) groups excluding carboxylic acids is 1. The number of para-hydroxylation sites is 1. The fraction of sp³-hybridized carbons (Fsp3) is 0.571. The average Bonchev–Trinajstić information content (AvgIpc) is 3.13. The Morgan fingerprint density at radius 1 is 1.23 bits per heavy atom. The van der Waals surface area contributed by atoms with Crippen molar-refractivity contribution in [1.29, 1.82) is 0 Å². The maximum absolute atomic E-state index is 13.3. The van der Waals surface area contributed by atoms with Crippen LogP contribution in [0.25, 0.3) is 0 Å². The van der Waals surface area contributed by atoms with E-state index < -0.39 is 10.0 Å². The molecule has 1 fully saturated rings. The summed E-state index contributed by atoms with van der Waals surface area (Å²) in [6.45, 7) is 4.07. The van der Waals surface area contributed by atoms with Gasteiger partial charge in [0.2, 0.25) is 15.9 Å². The molecule has 0 aliphatic heterocycles. The van der Waals surface area contributed by atoms with Crippen molar-refractivity contribution in [3.63, 3.8) is 0 Å². The van der Waals surface area contributed by atoms with E-state index >= 15 is 0 Å². The van der Waals surface area contributed by atoms with E-state index in [0.29, 0.717) is 10.8 Å². The molecule has 1 aromatic heterocycles. The first-order valence-corrected chi connectivity index (χ1v) is 13.0. The minimum Gasteiger partial charge on any atom is -0.324 e. The fourth-order valence-corrected chi connectivity index (χ4v) is 6.14. The molecule has 0 saturated heterocycles. The molecule has 0 unspecified atom stereocenters. The quantitative estimate of drug-likeness (QED) is 0.598. The van der Waals surface area contributed by atoms with Crippen LogP contribution in [-0.2, 0) is 21.9 Å². The van der Waals surface area contributed by atoms with E-state index in [1.165, 1.54) is 16.1 Å². The van der Waals surface area contributed by atoms with Gasteiger partial charge < -0.3 is 9.88 Å². The van der Waals surface area contributed by atoms with Gasteiger partial charge in [0, 0.05) is 26.1 Å².